The lowest BCUT2D eigenvalue weighted by Crippen LogP contribution is -2.35. The van der Waals surface area contributed by atoms with Gasteiger partial charge in [-0.1, -0.05) is 6.92 Å². The first-order chi connectivity index (χ1) is 10.1. The number of nitrogens with two attached hydrogens (primary N) is 1. The third-order valence-electron chi connectivity index (χ3n) is 4.33. The number of nitrogens with zero attached hydrogens (tertiary/aromatic N) is 2. The van der Waals surface area contributed by atoms with E-state index in [0.29, 0.717) is 11.4 Å². The molecule has 3 N–H and O–H groups in total. The molecule has 6 nitrogen and oxygen atoms in total. The Morgan fingerprint density at radius 2 is 2.14 bits per heavy atom. The molecule has 2 rings (SSSR count). The van der Waals surface area contributed by atoms with Crippen LogP contribution in [0.5, 0.6) is 0 Å². The fraction of sp³-hybridized carbons (Fsp3) is 0.667. The van der Waals surface area contributed by atoms with Crippen molar-refractivity contribution in [2.45, 2.75) is 58.1 Å². The van der Waals surface area contributed by atoms with Crippen molar-refractivity contribution >= 4 is 23.2 Å². The molecule has 7 heteroatoms. The van der Waals surface area contributed by atoms with Crippen LogP contribution in [0.15, 0.2) is 0 Å². The average Bonchev–Trinajstić information content (AvgIpc) is 3.02. The molecule has 122 valence electrons. The Labute approximate surface area is 134 Å². The first-order valence-corrected chi connectivity index (χ1v) is 8.28. The molecule has 0 radical (unpaired) electrons. The van der Waals surface area contributed by atoms with Crippen LogP contribution in [0, 0.1) is 0 Å². The maximum absolute atomic E-state index is 12.8. The van der Waals surface area contributed by atoms with Crippen molar-refractivity contribution in [3.63, 3.8) is 0 Å². The van der Waals surface area contributed by atoms with Gasteiger partial charge in [0.05, 0.1) is 5.60 Å². The van der Waals surface area contributed by atoms with Crippen LogP contribution in [-0.4, -0.2) is 45.0 Å². The summed E-state index contributed by atoms with van der Waals surface area (Å²) in [7, 11) is 0. The minimum absolute atomic E-state index is 0.112. The van der Waals surface area contributed by atoms with Crippen LogP contribution < -0.4 is 5.73 Å². The van der Waals surface area contributed by atoms with Gasteiger partial charge < -0.3 is 15.7 Å². The molecule has 0 spiro atoms. The summed E-state index contributed by atoms with van der Waals surface area (Å²) in [6.07, 6.45) is 1.94. The molecule has 1 aliphatic rings. The number of rotatable bonds is 4. The van der Waals surface area contributed by atoms with Crippen LogP contribution in [-0.2, 0) is 0 Å². The Hall–Kier alpha value is -1.47. The molecule has 22 heavy (non-hydrogen) atoms. The Bertz CT molecular complexity index is 591. The van der Waals surface area contributed by atoms with Gasteiger partial charge in [-0.2, -0.15) is 0 Å². The number of amides is 2. The number of hydrogen-bond acceptors (Lipinski definition) is 5. The maximum Gasteiger partial charge on any atom is 0.277 e. The fourth-order valence-electron chi connectivity index (χ4n) is 2.58. The summed E-state index contributed by atoms with van der Waals surface area (Å²) < 4.78 is 0. The summed E-state index contributed by atoms with van der Waals surface area (Å²) in [5.41, 5.74) is 4.54. The smallest absolute Gasteiger partial charge is 0.277 e. The predicted octanol–water partition coefficient (Wildman–Crippen LogP) is 1.74. The predicted molar refractivity (Wildman–Crippen MR) is 85.1 cm³/mol. The molecular formula is C15H23N3O3S. The molecule has 1 aliphatic heterocycles. The molecule has 1 aromatic rings. The van der Waals surface area contributed by atoms with Crippen molar-refractivity contribution in [2.75, 3.05) is 6.54 Å². The normalized spacial score (nSPS) is 20.2. The van der Waals surface area contributed by atoms with Crippen molar-refractivity contribution < 1.29 is 14.7 Å². The molecule has 0 saturated carbocycles. The van der Waals surface area contributed by atoms with Crippen LogP contribution in [0.4, 0.5) is 0 Å². The summed E-state index contributed by atoms with van der Waals surface area (Å²) in [4.78, 5) is 30.8. The van der Waals surface area contributed by atoms with E-state index in [-0.39, 0.29) is 28.6 Å². The number of aliphatic hydroxyl groups is 1. The zero-order valence-electron chi connectivity index (χ0n) is 13.4. The Morgan fingerprint density at radius 1 is 1.50 bits per heavy atom. The second-order valence-electron chi connectivity index (χ2n) is 6.46. The third-order valence-corrected chi connectivity index (χ3v) is 5.59. The van der Waals surface area contributed by atoms with Crippen LogP contribution >= 0.6 is 11.3 Å². The van der Waals surface area contributed by atoms with Crippen molar-refractivity contribution in [2.24, 2.45) is 5.73 Å². The van der Waals surface area contributed by atoms with Crippen LogP contribution in [0.2, 0.25) is 0 Å². The van der Waals surface area contributed by atoms with Crippen molar-refractivity contribution in [1.82, 2.24) is 9.88 Å². The lowest BCUT2D eigenvalue weighted by molar-refractivity contribution is 0.0559. The summed E-state index contributed by atoms with van der Waals surface area (Å²) >= 11 is 1.10. The minimum Gasteiger partial charge on any atom is -0.390 e. The fourth-order valence-corrected chi connectivity index (χ4v) is 3.72. The first-order valence-electron chi connectivity index (χ1n) is 7.46. The van der Waals surface area contributed by atoms with Gasteiger partial charge in [0, 0.05) is 23.4 Å². The molecule has 0 unspecified atom stereocenters. The maximum atomic E-state index is 12.8. The van der Waals surface area contributed by atoms with E-state index in [1.807, 2.05) is 13.8 Å². The standard InChI is InChI=1S/C15H23N3O3S/c1-8-6-5-7-18(8)14(20)10-11(9(2)15(3,4)21)22-13(17-10)12(16)19/h8-9,21H,5-7H2,1-4H3,(H2,16,19)/t8-,9-/m0/s1. The molecule has 0 bridgehead atoms. The number of aromatic nitrogens is 1. The van der Waals surface area contributed by atoms with Gasteiger partial charge in [0.1, 0.15) is 5.69 Å². The van der Waals surface area contributed by atoms with Gasteiger partial charge in [-0.05, 0) is 33.6 Å². The monoisotopic (exact) mass is 325 g/mol. The molecule has 1 fully saturated rings. The van der Waals surface area contributed by atoms with Gasteiger partial charge in [0.25, 0.3) is 11.8 Å². The zero-order chi connectivity index (χ0) is 16.7. The number of hydrogen-bond donors (Lipinski definition) is 2. The van der Waals surface area contributed by atoms with Gasteiger partial charge in [-0.25, -0.2) is 4.98 Å². The van der Waals surface area contributed by atoms with E-state index in [0.717, 1.165) is 24.2 Å². The van der Waals surface area contributed by atoms with E-state index in [2.05, 4.69) is 4.98 Å². The Kier molecular flexibility index (Phi) is 4.58. The number of thiazole rings is 1. The van der Waals surface area contributed by atoms with Crippen molar-refractivity contribution in [3.8, 4) is 0 Å². The van der Waals surface area contributed by atoms with Crippen LogP contribution in [0.1, 0.15) is 71.6 Å². The summed E-state index contributed by atoms with van der Waals surface area (Å²) in [5.74, 6) is -1.16. The number of carbonyl (C=O) groups is 2. The van der Waals surface area contributed by atoms with Gasteiger partial charge in [0.2, 0.25) is 0 Å². The lowest BCUT2D eigenvalue weighted by atomic mass is 9.90. The molecule has 1 aromatic heterocycles. The number of likely N-dealkylation sites (tertiary alicyclic amines) is 1. The summed E-state index contributed by atoms with van der Waals surface area (Å²) in [6.45, 7) is 7.87. The highest BCUT2D eigenvalue weighted by Crippen LogP contribution is 2.35. The minimum atomic E-state index is -1.02. The highest BCUT2D eigenvalue weighted by Gasteiger charge is 2.35. The number of carbonyl (C=O) groups excluding carboxylic acids is 2. The van der Waals surface area contributed by atoms with Gasteiger partial charge in [0.15, 0.2) is 5.01 Å². The molecular weight excluding hydrogens is 302 g/mol. The zero-order valence-corrected chi connectivity index (χ0v) is 14.2. The van der Waals surface area contributed by atoms with E-state index in [9.17, 15) is 14.7 Å². The van der Waals surface area contributed by atoms with E-state index < -0.39 is 11.5 Å². The SMILES string of the molecule is C[C@H]1CCCN1C(=O)c1nc(C(N)=O)sc1[C@H](C)C(C)(C)O. The van der Waals surface area contributed by atoms with Crippen molar-refractivity contribution in [3.05, 3.63) is 15.6 Å². The lowest BCUT2D eigenvalue weighted by Gasteiger charge is -2.26. The van der Waals surface area contributed by atoms with E-state index in [1.165, 1.54) is 0 Å². The van der Waals surface area contributed by atoms with E-state index in [4.69, 9.17) is 5.73 Å². The third kappa shape index (κ3) is 3.15. The Balaban J connectivity index is 2.45. The molecule has 2 atom stereocenters. The average molecular weight is 325 g/mol. The van der Waals surface area contributed by atoms with E-state index >= 15 is 0 Å². The van der Waals surface area contributed by atoms with Gasteiger partial charge in [-0.3, -0.25) is 9.59 Å². The quantitative estimate of drug-likeness (QED) is 0.881. The van der Waals surface area contributed by atoms with Gasteiger partial charge in [-0.15, -0.1) is 11.3 Å². The molecule has 0 aromatic carbocycles. The van der Waals surface area contributed by atoms with Crippen LogP contribution in [0.25, 0.3) is 0 Å². The molecule has 1 saturated heterocycles. The molecule has 2 heterocycles. The summed E-state index contributed by atoms with van der Waals surface area (Å²) in [5, 5.41) is 10.4. The summed E-state index contributed by atoms with van der Waals surface area (Å²) in [6, 6.07) is 0.163. The highest BCUT2D eigenvalue weighted by molar-refractivity contribution is 7.14. The second-order valence-corrected chi connectivity index (χ2v) is 7.49. The molecule has 0 aliphatic carbocycles. The Morgan fingerprint density at radius 3 is 2.59 bits per heavy atom. The number of primary amides is 1. The van der Waals surface area contributed by atoms with E-state index in [1.54, 1.807) is 18.7 Å². The first kappa shape index (κ1) is 16.9. The topological polar surface area (TPSA) is 96.5 Å². The largest absolute Gasteiger partial charge is 0.390 e. The molecule has 2 amide bonds. The van der Waals surface area contributed by atoms with Crippen LogP contribution in [0.3, 0.4) is 0 Å². The van der Waals surface area contributed by atoms with Gasteiger partial charge >= 0.3 is 0 Å². The highest BCUT2D eigenvalue weighted by atomic mass is 32.1. The second kappa shape index (κ2) is 5.96. The van der Waals surface area contributed by atoms with Crippen molar-refractivity contribution in [1.29, 1.82) is 0 Å².